The maximum atomic E-state index is 6.03. The van der Waals surface area contributed by atoms with Gasteiger partial charge in [0.1, 0.15) is 0 Å². The highest BCUT2D eigenvalue weighted by atomic mass is 35.5. The Morgan fingerprint density at radius 1 is 1.25 bits per heavy atom. The lowest BCUT2D eigenvalue weighted by Crippen LogP contribution is -2.30. The monoisotopic (exact) mass is 242 g/mol. The molecule has 1 atom stereocenters. The highest BCUT2D eigenvalue weighted by molar-refractivity contribution is 6.31. The van der Waals surface area contributed by atoms with Gasteiger partial charge in [-0.05, 0) is 34.9 Å². The zero-order valence-corrected chi connectivity index (χ0v) is 11.3. The molecular formula is C11H19ClN4. The van der Waals surface area contributed by atoms with Crippen molar-refractivity contribution in [1.29, 1.82) is 0 Å². The van der Waals surface area contributed by atoms with Crippen molar-refractivity contribution in [3.8, 4) is 0 Å². The van der Waals surface area contributed by atoms with E-state index >= 15 is 0 Å². The summed E-state index contributed by atoms with van der Waals surface area (Å²) in [5, 5.41) is 3.70. The molecular weight excluding hydrogens is 224 g/mol. The molecule has 0 saturated heterocycles. The second kappa shape index (κ2) is 5.46. The van der Waals surface area contributed by atoms with Gasteiger partial charge < -0.3 is 10.2 Å². The van der Waals surface area contributed by atoms with Crippen molar-refractivity contribution in [2.75, 3.05) is 26.0 Å². The molecule has 0 saturated carbocycles. The number of rotatable bonds is 4. The molecule has 4 nitrogen and oxygen atoms in total. The third kappa shape index (κ3) is 3.61. The van der Waals surface area contributed by atoms with Crippen LogP contribution in [-0.4, -0.2) is 41.5 Å². The number of aryl methyl sites for hydroxylation is 2. The number of halogens is 1. The zero-order valence-electron chi connectivity index (χ0n) is 10.5. The summed E-state index contributed by atoms with van der Waals surface area (Å²) in [7, 11) is 4.07. The van der Waals surface area contributed by atoms with Gasteiger partial charge in [0.05, 0.1) is 11.4 Å². The number of nitrogens with zero attached hydrogens (tertiary/aromatic N) is 3. The van der Waals surface area contributed by atoms with Crippen LogP contribution in [0, 0.1) is 13.8 Å². The topological polar surface area (TPSA) is 41.1 Å². The average Bonchev–Trinajstić information content (AvgIpc) is 2.12. The second-order valence-electron chi connectivity index (χ2n) is 4.34. The van der Waals surface area contributed by atoms with Crippen molar-refractivity contribution in [1.82, 2.24) is 14.9 Å². The molecule has 1 unspecified atom stereocenters. The van der Waals surface area contributed by atoms with Gasteiger partial charge >= 0.3 is 0 Å². The van der Waals surface area contributed by atoms with Crippen LogP contribution < -0.4 is 5.32 Å². The summed E-state index contributed by atoms with van der Waals surface area (Å²) in [6.07, 6.45) is 0. The minimum atomic E-state index is 0.281. The zero-order chi connectivity index (χ0) is 12.3. The Hall–Kier alpha value is -0.870. The second-order valence-corrected chi connectivity index (χ2v) is 4.70. The number of aromatic nitrogens is 2. The molecule has 0 aliphatic heterocycles. The Balaban J connectivity index is 2.77. The van der Waals surface area contributed by atoms with E-state index in [2.05, 4.69) is 27.1 Å². The molecule has 1 heterocycles. The van der Waals surface area contributed by atoms with Crippen molar-refractivity contribution in [3.05, 3.63) is 16.5 Å². The third-order valence-corrected chi connectivity index (χ3v) is 2.55. The Morgan fingerprint density at radius 2 is 1.81 bits per heavy atom. The summed E-state index contributed by atoms with van der Waals surface area (Å²) < 4.78 is 0. The van der Waals surface area contributed by atoms with E-state index < -0.39 is 0 Å². The lowest BCUT2D eigenvalue weighted by molar-refractivity contribution is 0.392. The van der Waals surface area contributed by atoms with Crippen LogP contribution in [0.5, 0.6) is 0 Å². The van der Waals surface area contributed by atoms with Crippen LogP contribution in [0.15, 0.2) is 0 Å². The van der Waals surface area contributed by atoms with Crippen molar-refractivity contribution < 1.29 is 0 Å². The Bertz CT molecular complexity index is 365. The lowest BCUT2D eigenvalue weighted by Gasteiger charge is -2.19. The maximum absolute atomic E-state index is 6.03. The molecule has 1 rings (SSSR count). The van der Waals surface area contributed by atoms with Crippen molar-refractivity contribution in [3.63, 3.8) is 0 Å². The molecule has 16 heavy (non-hydrogen) atoms. The minimum Gasteiger partial charge on any atom is -0.364 e. The molecule has 90 valence electrons. The number of anilines is 1. The van der Waals surface area contributed by atoms with Gasteiger partial charge in [0.25, 0.3) is 0 Å². The molecule has 0 aliphatic rings. The fourth-order valence-electron chi connectivity index (χ4n) is 1.49. The largest absolute Gasteiger partial charge is 0.364 e. The summed E-state index contributed by atoms with van der Waals surface area (Å²) in [5.74, 6) is 0.666. The van der Waals surface area contributed by atoms with Crippen LogP contribution in [0.3, 0.4) is 0 Å². The van der Waals surface area contributed by atoms with Crippen molar-refractivity contribution in [2.45, 2.75) is 26.8 Å². The normalized spacial score (nSPS) is 12.9. The van der Waals surface area contributed by atoms with Crippen molar-refractivity contribution in [2.24, 2.45) is 0 Å². The molecule has 0 aromatic carbocycles. The molecule has 0 spiro atoms. The Kier molecular flexibility index (Phi) is 4.50. The number of hydrogen-bond acceptors (Lipinski definition) is 4. The molecule has 1 aromatic heterocycles. The average molecular weight is 243 g/mol. The van der Waals surface area contributed by atoms with Crippen LogP contribution in [0.4, 0.5) is 5.82 Å². The van der Waals surface area contributed by atoms with E-state index in [1.54, 1.807) is 0 Å². The first-order valence-corrected chi connectivity index (χ1v) is 5.70. The van der Waals surface area contributed by atoms with Gasteiger partial charge in [0.15, 0.2) is 11.0 Å². The van der Waals surface area contributed by atoms with E-state index in [1.165, 1.54) is 0 Å². The highest BCUT2D eigenvalue weighted by Gasteiger charge is 2.10. The molecule has 0 bridgehead atoms. The first-order chi connectivity index (χ1) is 7.40. The first kappa shape index (κ1) is 13.2. The van der Waals surface area contributed by atoms with E-state index in [4.69, 9.17) is 11.6 Å². The molecule has 0 radical (unpaired) electrons. The molecule has 0 amide bonds. The molecule has 1 aromatic rings. The van der Waals surface area contributed by atoms with Crippen LogP contribution in [0.25, 0.3) is 0 Å². The maximum Gasteiger partial charge on any atom is 0.171 e. The van der Waals surface area contributed by atoms with E-state index in [9.17, 15) is 0 Å². The summed E-state index contributed by atoms with van der Waals surface area (Å²) in [4.78, 5) is 10.7. The van der Waals surface area contributed by atoms with Gasteiger partial charge in [-0.25, -0.2) is 9.97 Å². The van der Waals surface area contributed by atoms with Gasteiger partial charge in [-0.2, -0.15) is 0 Å². The van der Waals surface area contributed by atoms with E-state index in [0.717, 1.165) is 17.9 Å². The van der Waals surface area contributed by atoms with E-state index in [0.29, 0.717) is 11.0 Å². The number of nitrogens with one attached hydrogen (secondary N) is 1. The fourth-order valence-corrected chi connectivity index (χ4v) is 1.72. The standard InChI is InChI=1S/C11H19ClN4/c1-7(6-16(4)5)13-11-10(12)14-8(2)9(3)15-11/h7H,6H2,1-5H3,(H,13,15). The SMILES string of the molecule is Cc1nc(Cl)c(NC(C)CN(C)C)nc1C. The van der Waals surface area contributed by atoms with Crippen LogP contribution in [0.1, 0.15) is 18.3 Å². The summed E-state index contributed by atoms with van der Waals surface area (Å²) in [6.45, 7) is 6.85. The van der Waals surface area contributed by atoms with Crippen LogP contribution >= 0.6 is 11.6 Å². The lowest BCUT2D eigenvalue weighted by atomic mass is 10.3. The third-order valence-electron chi connectivity index (χ3n) is 2.29. The molecule has 0 aliphatic carbocycles. The summed E-state index contributed by atoms with van der Waals surface area (Å²) in [5.41, 5.74) is 1.78. The fraction of sp³-hybridized carbons (Fsp3) is 0.636. The molecule has 0 fully saturated rings. The molecule has 1 N–H and O–H groups in total. The van der Waals surface area contributed by atoms with Gasteiger partial charge in [-0.3, -0.25) is 0 Å². The number of likely N-dealkylation sites (N-methyl/N-ethyl adjacent to an activating group) is 1. The Labute approximate surface area is 102 Å². The highest BCUT2D eigenvalue weighted by Crippen LogP contribution is 2.19. The van der Waals surface area contributed by atoms with Gasteiger partial charge in [0, 0.05) is 12.6 Å². The smallest absolute Gasteiger partial charge is 0.171 e. The first-order valence-electron chi connectivity index (χ1n) is 5.32. The predicted molar refractivity (Wildman–Crippen MR) is 68.2 cm³/mol. The van der Waals surface area contributed by atoms with E-state index in [-0.39, 0.29) is 6.04 Å². The number of hydrogen-bond donors (Lipinski definition) is 1. The summed E-state index contributed by atoms with van der Waals surface area (Å²) >= 11 is 6.03. The van der Waals surface area contributed by atoms with E-state index in [1.807, 2.05) is 27.9 Å². The Morgan fingerprint density at radius 3 is 2.38 bits per heavy atom. The minimum absolute atomic E-state index is 0.281. The predicted octanol–water partition coefficient (Wildman–Crippen LogP) is 2.11. The van der Waals surface area contributed by atoms with Gasteiger partial charge in [-0.15, -0.1) is 0 Å². The van der Waals surface area contributed by atoms with Gasteiger partial charge in [-0.1, -0.05) is 11.6 Å². The van der Waals surface area contributed by atoms with Gasteiger partial charge in [0.2, 0.25) is 0 Å². The summed E-state index contributed by atoms with van der Waals surface area (Å²) in [6, 6.07) is 0.281. The quantitative estimate of drug-likeness (QED) is 0.878. The molecule has 5 heteroatoms. The van der Waals surface area contributed by atoms with Crippen molar-refractivity contribution >= 4 is 17.4 Å². The van der Waals surface area contributed by atoms with Crippen LogP contribution in [0.2, 0.25) is 5.15 Å². The van der Waals surface area contributed by atoms with Crippen LogP contribution in [-0.2, 0) is 0 Å².